The summed E-state index contributed by atoms with van der Waals surface area (Å²) in [6, 6.07) is 13.2. The van der Waals surface area contributed by atoms with E-state index < -0.39 is 0 Å². The first-order valence-electron chi connectivity index (χ1n) is 5.69. The highest BCUT2D eigenvalue weighted by molar-refractivity contribution is 9.11. The summed E-state index contributed by atoms with van der Waals surface area (Å²) in [5.74, 6) is 1.09. The number of halogens is 3. The monoisotopic (exact) mass is 412 g/mol. The van der Waals surface area contributed by atoms with Crippen molar-refractivity contribution in [3.05, 3.63) is 56.7 Å². The molecule has 1 heterocycles. The van der Waals surface area contributed by atoms with Gasteiger partial charge in [0.25, 0.3) is 0 Å². The van der Waals surface area contributed by atoms with E-state index in [9.17, 15) is 0 Å². The molecule has 3 nitrogen and oxygen atoms in total. The fourth-order valence-corrected chi connectivity index (χ4v) is 3.06. The largest absolute Gasteiger partial charge is 0.437 e. The molecular formula is C14H7Br2ClN2O. The first kappa shape index (κ1) is 13.8. The number of fused-ring (bicyclic) bond motifs is 1. The lowest BCUT2D eigenvalue weighted by molar-refractivity contribution is 0.465. The zero-order chi connectivity index (χ0) is 14.1. The maximum absolute atomic E-state index is 5.93. The van der Waals surface area contributed by atoms with E-state index >= 15 is 0 Å². The quantitative estimate of drug-likeness (QED) is 0.512. The topological polar surface area (TPSA) is 35.0 Å². The molecule has 1 aromatic heterocycles. The van der Waals surface area contributed by atoms with Crippen LogP contribution in [0.15, 0.2) is 51.4 Å². The summed E-state index contributed by atoms with van der Waals surface area (Å²) in [4.78, 5) is 8.33. The van der Waals surface area contributed by atoms with Crippen molar-refractivity contribution in [1.82, 2.24) is 9.97 Å². The average Bonchev–Trinajstić information content (AvgIpc) is 2.41. The first-order valence-corrected chi connectivity index (χ1v) is 7.65. The van der Waals surface area contributed by atoms with Crippen molar-refractivity contribution in [2.24, 2.45) is 0 Å². The molecule has 2 aromatic carbocycles. The second kappa shape index (κ2) is 5.68. The Morgan fingerprint density at radius 3 is 2.60 bits per heavy atom. The summed E-state index contributed by atoms with van der Waals surface area (Å²) in [5.41, 5.74) is 0.746. The normalized spacial score (nSPS) is 10.8. The molecule has 0 radical (unpaired) electrons. The number of ether oxygens (including phenoxy) is 1. The van der Waals surface area contributed by atoms with Gasteiger partial charge in [0.2, 0.25) is 11.2 Å². The lowest BCUT2D eigenvalue weighted by atomic mass is 10.2. The Hall–Kier alpha value is -1.17. The molecule has 3 aromatic rings. The molecule has 0 fully saturated rings. The van der Waals surface area contributed by atoms with Crippen LogP contribution in [0.25, 0.3) is 10.9 Å². The van der Waals surface area contributed by atoms with Crippen molar-refractivity contribution >= 4 is 54.4 Å². The molecule has 0 aliphatic carbocycles. The van der Waals surface area contributed by atoms with Crippen LogP contribution in [0.1, 0.15) is 0 Å². The van der Waals surface area contributed by atoms with Gasteiger partial charge in [0.05, 0.1) is 15.4 Å². The molecule has 0 saturated heterocycles. The van der Waals surface area contributed by atoms with Crippen molar-refractivity contribution in [3.63, 3.8) is 0 Å². The van der Waals surface area contributed by atoms with E-state index in [0.717, 1.165) is 19.8 Å². The smallest absolute Gasteiger partial charge is 0.231 e. The molecule has 0 saturated carbocycles. The summed E-state index contributed by atoms with van der Waals surface area (Å²) in [5, 5.41) is 0.971. The van der Waals surface area contributed by atoms with Crippen molar-refractivity contribution < 1.29 is 4.74 Å². The lowest BCUT2D eigenvalue weighted by Crippen LogP contribution is -1.93. The molecule has 0 aliphatic heterocycles. The van der Waals surface area contributed by atoms with Crippen LogP contribution in [0.5, 0.6) is 11.6 Å². The molecule has 100 valence electrons. The van der Waals surface area contributed by atoms with Crippen molar-refractivity contribution in [1.29, 1.82) is 0 Å². The molecule has 0 spiro atoms. The Kier molecular flexibility index (Phi) is 3.92. The van der Waals surface area contributed by atoms with E-state index in [1.165, 1.54) is 0 Å². The zero-order valence-corrected chi connectivity index (χ0v) is 13.9. The summed E-state index contributed by atoms with van der Waals surface area (Å²) in [6.07, 6.45) is 0. The standard InChI is InChI=1S/C14H7Br2ClN2O/c15-8-5-6-12(10(16)7-8)20-13-9-3-1-2-4-11(9)18-14(17)19-13/h1-7H. The maximum atomic E-state index is 5.93. The SMILES string of the molecule is Clc1nc(Oc2ccc(Br)cc2Br)c2ccccc2n1. The van der Waals surface area contributed by atoms with E-state index in [4.69, 9.17) is 16.3 Å². The molecule has 0 atom stereocenters. The summed E-state index contributed by atoms with van der Waals surface area (Å²) < 4.78 is 7.64. The molecule has 0 bridgehead atoms. The number of para-hydroxylation sites is 1. The minimum Gasteiger partial charge on any atom is -0.437 e. The minimum absolute atomic E-state index is 0.159. The van der Waals surface area contributed by atoms with Gasteiger partial charge in [-0.15, -0.1) is 0 Å². The van der Waals surface area contributed by atoms with Gasteiger partial charge in [-0.2, -0.15) is 4.98 Å². The number of nitrogens with zero attached hydrogens (tertiary/aromatic N) is 2. The molecule has 20 heavy (non-hydrogen) atoms. The first-order chi connectivity index (χ1) is 9.63. The number of benzene rings is 2. The lowest BCUT2D eigenvalue weighted by Gasteiger charge is -2.09. The number of rotatable bonds is 2. The minimum atomic E-state index is 0.159. The average molecular weight is 414 g/mol. The highest BCUT2D eigenvalue weighted by atomic mass is 79.9. The molecule has 0 N–H and O–H groups in total. The van der Waals surface area contributed by atoms with Gasteiger partial charge in [0, 0.05) is 4.47 Å². The summed E-state index contributed by atoms with van der Waals surface area (Å²) >= 11 is 12.8. The van der Waals surface area contributed by atoms with E-state index in [-0.39, 0.29) is 5.28 Å². The van der Waals surface area contributed by atoms with Gasteiger partial charge in [-0.3, -0.25) is 0 Å². The second-order valence-electron chi connectivity index (χ2n) is 3.99. The Morgan fingerprint density at radius 2 is 1.80 bits per heavy atom. The predicted molar refractivity (Wildman–Crippen MR) is 86.5 cm³/mol. The third-order valence-corrected chi connectivity index (χ3v) is 3.92. The van der Waals surface area contributed by atoms with Gasteiger partial charge in [-0.05, 0) is 57.9 Å². The van der Waals surface area contributed by atoms with Crippen LogP contribution in [0.2, 0.25) is 5.28 Å². The van der Waals surface area contributed by atoms with E-state index in [1.54, 1.807) is 0 Å². The van der Waals surface area contributed by atoms with Gasteiger partial charge in [-0.25, -0.2) is 4.98 Å². The zero-order valence-electron chi connectivity index (χ0n) is 9.98. The van der Waals surface area contributed by atoms with Crippen LogP contribution in [-0.4, -0.2) is 9.97 Å². The highest BCUT2D eigenvalue weighted by Gasteiger charge is 2.10. The maximum Gasteiger partial charge on any atom is 0.231 e. The van der Waals surface area contributed by atoms with Crippen LogP contribution in [0.4, 0.5) is 0 Å². The number of aromatic nitrogens is 2. The van der Waals surface area contributed by atoms with E-state index in [2.05, 4.69) is 41.8 Å². The van der Waals surface area contributed by atoms with Gasteiger partial charge >= 0.3 is 0 Å². The molecule has 0 amide bonds. The molecule has 0 unspecified atom stereocenters. The Morgan fingerprint density at radius 1 is 1.00 bits per heavy atom. The van der Waals surface area contributed by atoms with Crippen molar-refractivity contribution in [2.75, 3.05) is 0 Å². The van der Waals surface area contributed by atoms with Gasteiger partial charge in [0.15, 0.2) is 0 Å². The Balaban J connectivity index is 2.10. The van der Waals surface area contributed by atoms with Crippen LogP contribution in [0, 0.1) is 0 Å². The van der Waals surface area contributed by atoms with Crippen LogP contribution < -0.4 is 4.74 Å². The Labute approximate surface area is 137 Å². The van der Waals surface area contributed by atoms with E-state index in [1.807, 2.05) is 42.5 Å². The Bertz CT molecular complexity index is 795. The van der Waals surface area contributed by atoms with Crippen LogP contribution >= 0.6 is 43.5 Å². The number of hydrogen-bond acceptors (Lipinski definition) is 3. The van der Waals surface area contributed by atoms with E-state index in [0.29, 0.717) is 11.6 Å². The van der Waals surface area contributed by atoms with Crippen LogP contribution in [0.3, 0.4) is 0 Å². The molecule has 6 heteroatoms. The third kappa shape index (κ3) is 2.80. The van der Waals surface area contributed by atoms with Crippen LogP contribution in [-0.2, 0) is 0 Å². The third-order valence-electron chi connectivity index (χ3n) is 2.64. The highest BCUT2D eigenvalue weighted by Crippen LogP contribution is 2.34. The van der Waals surface area contributed by atoms with Gasteiger partial charge in [-0.1, -0.05) is 28.1 Å². The molecule has 0 aliphatic rings. The number of hydrogen-bond donors (Lipinski definition) is 0. The summed E-state index contributed by atoms with van der Waals surface area (Å²) in [6.45, 7) is 0. The van der Waals surface area contributed by atoms with Crippen molar-refractivity contribution in [3.8, 4) is 11.6 Å². The summed E-state index contributed by atoms with van der Waals surface area (Å²) in [7, 11) is 0. The molecule has 3 rings (SSSR count). The fraction of sp³-hybridized carbons (Fsp3) is 0. The molecular weight excluding hydrogens is 407 g/mol. The van der Waals surface area contributed by atoms with Gasteiger partial charge < -0.3 is 4.74 Å². The second-order valence-corrected chi connectivity index (χ2v) is 6.10. The fourth-order valence-electron chi connectivity index (χ4n) is 1.76. The predicted octanol–water partition coefficient (Wildman–Crippen LogP) is 5.60. The van der Waals surface area contributed by atoms with Gasteiger partial charge in [0.1, 0.15) is 5.75 Å². The van der Waals surface area contributed by atoms with Crippen molar-refractivity contribution in [2.45, 2.75) is 0 Å².